The van der Waals surface area contributed by atoms with E-state index in [0.29, 0.717) is 16.4 Å². The van der Waals surface area contributed by atoms with Gasteiger partial charge in [-0.2, -0.15) is 0 Å². The Kier molecular flexibility index (Phi) is 6.42. The number of amides is 2. The van der Waals surface area contributed by atoms with Gasteiger partial charge in [-0.3, -0.25) is 10.2 Å². The molecule has 2 aromatic carbocycles. The maximum Gasteiger partial charge on any atom is 0.419 e. The van der Waals surface area contributed by atoms with E-state index in [4.69, 9.17) is 21.1 Å². The SMILES string of the molecule is C=CCOC(=O)Nc1cccc(OC(=O)N(C)c2ccc(Cl)cc2)c1. The van der Waals surface area contributed by atoms with Crippen LogP contribution >= 0.6 is 11.6 Å². The first-order valence-electron chi connectivity index (χ1n) is 7.35. The maximum absolute atomic E-state index is 12.2. The second kappa shape index (κ2) is 8.75. The molecule has 0 atom stereocenters. The zero-order valence-electron chi connectivity index (χ0n) is 13.6. The lowest BCUT2D eigenvalue weighted by molar-refractivity contribution is 0.174. The van der Waals surface area contributed by atoms with Crippen LogP contribution in [0.15, 0.2) is 61.2 Å². The Morgan fingerprint density at radius 3 is 2.64 bits per heavy atom. The summed E-state index contributed by atoms with van der Waals surface area (Å²) in [7, 11) is 1.58. The van der Waals surface area contributed by atoms with Gasteiger partial charge in [0.25, 0.3) is 0 Å². The molecule has 0 aliphatic heterocycles. The van der Waals surface area contributed by atoms with Crippen LogP contribution in [0.3, 0.4) is 0 Å². The summed E-state index contributed by atoms with van der Waals surface area (Å²) in [6, 6.07) is 13.2. The van der Waals surface area contributed by atoms with E-state index in [1.165, 1.54) is 17.0 Å². The van der Waals surface area contributed by atoms with E-state index in [9.17, 15) is 9.59 Å². The van der Waals surface area contributed by atoms with Crippen molar-refractivity contribution in [1.82, 2.24) is 0 Å². The first-order chi connectivity index (χ1) is 12.0. The van der Waals surface area contributed by atoms with Gasteiger partial charge in [-0.15, -0.1) is 0 Å². The monoisotopic (exact) mass is 360 g/mol. The minimum absolute atomic E-state index is 0.104. The molecule has 7 heteroatoms. The van der Waals surface area contributed by atoms with Gasteiger partial charge in [0.1, 0.15) is 12.4 Å². The highest BCUT2D eigenvalue weighted by molar-refractivity contribution is 6.30. The number of rotatable bonds is 5. The lowest BCUT2D eigenvalue weighted by Gasteiger charge is -2.17. The Morgan fingerprint density at radius 2 is 1.96 bits per heavy atom. The zero-order chi connectivity index (χ0) is 18.2. The molecule has 0 bridgehead atoms. The smallest absolute Gasteiger partial charge is 0.419 e. The van der Waals surface area contributed by atoms with Crippen LogP contribution in [0.2, 0.25) is 5.02 Å². The molecule has 0 aromatic heterocycles. The summed E-state index contributed by atoms with van der Waals surface area (Å²) in [5, 5.41) is 3.11. The molecule has 0 unspecified atom stereocenters. The Balaban J connectivity index is 2.00. The normalized spacial score (nSPS) is 9.84. The minimum Gasteiger partial charge on any atom is -0.445 e. The molecule has 0 aliphatic rings. The van der Waals surface area contributed by atoms with E-state index in [2.05, 4.69) is 11.9 Å². The van der Waals surface area contributed by atoms with Gasteiger partial charge >= 0.3 is 12.2 Å². The van der Waals surface area contributed by atoms with Gasteiger partial charge < -0.3 is 9.47 Å². The van der Waals surface area contributed by atoms with Gasteiger partial charge in [0.2, 0.25) is 0 Å². The number of carbonyl (C=O) groups excluding carboxylic acids is 2. The Labute approximate surface area is 150 Å². The summed E-state index contributed by atoms with van der Waals surface area (Å²) in [5.41, 5.74) is 1.07. The number of carbonyl (C=O) groups is 2. The number of halogens is 1. The van der Waals surface area contributed by atoms with E-state index in [-0.39, 0.29) is 12.4 Å². The van der Waals surface area contributed by atoms with Gasteiger partial charge in [-0.05, 0) is 36.4 Å². The van der Waals surface area contributed by atoms with E-state index < -0.39 is 12.2 Å². The molecule has 2 rings (SSSR count). The third-order valence-corrected chi connectivity index (χ3v) is 3.36. The molecule has 0 aliphatic carbocycles. The lowest BCUT2D eigenvalue weighted by Crippen LogP contribution is -2.29. The third kappa shape index (κ3) is 5.54. The summed E-state index contributed by atoms with van der Waals surface area (Å²) < 4.78 is 10.1. The summed E-state index contributed by atoms with van der Waals surface area (Å²) >= 11 is 5.83. The van der Waals surface area contributed by atoms with Crippen molar-refractivity contribution < 1.29 is 19.1 Å². The first kappa shape index (κ1) is 18.4. The highest BCUT2D eigenvalue weighted by Gasteiger charge is 2.14. The average Bonchev–Trinajstić information content (AvgIpc) is 2.60. The van der Waals surface area contributed by atoms with Crippen LogP contribution in [0.4, 0.5) is 21.0 Å². The van der Waals surface area contributed by atoms with Crippen molar-refractivity contribution in [1.29, 1.82) is 0 Å². The van der Waals surface area contributed by atoms with Crippen LogP contribution < -0.4 is 15.0 Å². The number of nitrogens with zero attached hydrogens (tertiary/aromatic N) is 1. The van der Waals surface area contributed by atoms with Crippen molar-refractivity contribution in [3.63, 3.8) is 0 Å². The quantitative estimate of drug-likeness (QED) is 0.784. The molecular formula is C18H17ClN2O4. The number of hydrogen-bond acceptors (Lipinski definition) is 4. The Bertz CT molecular complexity index is 762. The summed E-state index contributed by atoms with van der Waals surface area (Å²) in [4.78, 5) is 25.1. The second-order valence-electron chi connectivity index (χ2n) is 4.94. The van der Waals surface area contributed by atoms with Crippen molar-refractivity contribution in [2.24, 2.45) is 0 Å². The molecule has 130 valence electrons. The molecule has 0 radical (unpaired) electrons. The molecule has 0 heterocycles. The van der Waals surface area contributed by atoms with E-state index >= 15 is 0 Å². The molecule has 25 heavy (non-hydrogen) atoms. The van der Waals surface area contributed by atoms with Crippen molar-refractivity contribution in [2.45, 2.75) is 0 Å². The molecule has 1 N–H and O–H groups in total. The molecule has 0 spiro atoms. The number of nitrogens with one attached hydrogen (secondary N) is 1. The average molecular weight is 361 g/mol. The molecule has 2 aromatic rings. The van der Waals surface area contributed by atoms with Crippen LogP contribution in [0.1, 0.15) is 0 Å². The van der Waals surface area contributed by atoms with Crippen molar-refractivity contribution in [3.05, 3.63) is 66.2 Å². The lowest BCUT2D eigenvalue weighted by atomic mass is 10.3. The fraction of sp³-hybridized carbons (Fsp3) is 0.111. The van der Waals surface area contributed by atoms with Gasteiger partial charge in [0, 0.05) is 29.5 Å². The van der Waals surface area contributed by atoms with Crippen LogP contribution in [-0.2, 0) is 4.74 Å². The van der Waals surface area contributed by atoms with Crippen molar-refractivity contribution >= 4 is 35.2 Å². The van der Waals surface area contributed by atoms with Crippen LogP contribution in [0.5, 0.6) is 5.75 Å². The fourth-order valence-corrected chi connectivity index (χ4v) is 1.99. The van der Waals surface area contributed by atoms with E-state index in [1.54, 1.807) is 49.5 Å². The predicted molar refractivity (Wildman–Crippen MR) is 97.5 cm³/mol. The predicted octanol–water partition coefficient (Wildman–Crippen LogP) is 4.71. The molecular weight excluding hydrogens is 344 g/mol. The first-order valence-corrected chi connectivity index (χ1v) is 7.73. The second-order valence-corrected chi connectivity index (χ2v) is 5.38. The van der Waals surface area contributed by atoms with Gasteiger partial charge in [-0.1, -0.05) is 30.3 Å². The van der Waals surface area contributed by atoms with Gasteiger partial charge in [0.15, 0.2) is 0 Å². The highest BCUT2D eigenvalue weighted by atomic mass is 35.5. The van der Waals surface area contributed by atoms with Gasteiger partial charge in [0.05, 0.1) is 0 Å². The standard InChI is InChI=1S/C18H17ClN2O4/c1-3-11-24-17(22)20-14-5-4-6-16(12-14)25-18(23)21(2)15-9-7-13(19)8-10-15/h3-10,12H,1,11H2,2H3,(H,20,22). The molecule has 0 fully saturated rings. The van der Waals surface area contributed by atoms with E-state index in [1.807, 2.05) is 0 Å². The highest BCUT2D eigenvalue weighted by Crippen LogP contribution is 2.21. The van der Waals surface area contributed by atoms with Crippen LogP contribution in [0, 0.1) is 0 Å². The molecule has 2 amide bonds. The molecule has 0 saturated carbocycles. The number of anilines is 2. The van der Waals surface area contributed by atoms with E-state index in [0.717, 1.165) is 0 Å². The molecule has 6 nitrogen and oxygen atoms in total. The fourth-order valence-electron chi connectivity index (χ4n) is 1.87. The largest absolute Gasteiger partial charge is 0.445 e. The summed E-state index contributed by atoms with van der Waals surface area (Å²) in [6.45, 7) is 3.56. The van der Waals surface area contributed by atoms with Crippen LogP contribution in [0.25, 0.3) is 0 Å². The Hall–Kier alpha value is -2.99. The number of hydrogen-bond donors (Lipinski definition) is 1. The van der Waals surface area contributed by atoms with Gasteiger partial charge in [-0.25, -0.2) is 9.59 Å². The zero-order valence-corrected chi connectivity index (χ0v) is 14.3. The van der Waals surface area contributed by atoms with Crippen molar-refractivity contribution in [2.75, 3.05) is 23.9 Å². The van der Waals surface area contributed by atoms with Crippen molar-refractivity contribution in [3.8, 4) is 5.75 Å². The topological polar surface area (TPSA) is 67.9 Å². The minimum atomic E-state index is -0.623. The Morgan fingerprint density at radius 1 is 1.24 bits per heavy atom. The number of ether oxygens (including phenoxy) is 2. The molecule has 0 saturated heterocycles. The summed E-state index contributed by atoms with van der Waals surface area (Å²) in [6.07, 6.45) is 0.264. The summed E-state index contributed by atoms with van der Waals surface area (Å²) in [5.74, 6) is 0.285. The third-order valence-electron chi connectivity index (χ3n) is 3.11. The van der Waals surface area contributed by atoms with Crippen LogP contribution in [-0.4, -0.2) is 25.8 Å². The maximum atomic E-state index is 12.2. The number of benzene rings is 2.